The van der Waals surface area contributed by atoms with Crippen molar-refractivity contribution >= 4 is 15.6 Å². The van der Waals surface area contributed by atoms with Gasteiger partial charge in [-0.3, -0.25) is 0 Å². The van der Waals surface area contributed by atoms with Crippen LogP contribution < -0.4 is 0 Å². The summed E-state index contributed by atoms with van der Waals surface area (Å²) in [6.45, 7) is 0. The van der Waals surface area contributed by atoms with E-state index in [-0.39, 0.29) is 17.1 Å². The summed E-state index contributed by atoms with van der Waals surface area (Å²) in [6.07, 6.45) is 0. The number of phosphoric acid groups is 2. The van der Waals surface area contributed by atoms with Gasteiger partial charge in [-0.1, -0.05) is 9.35 Å². The van der Waals surface area contributed by atoms with Crippen molar-refractivity contribution in [1.29, 1.82) is 0 Å². The fraction of sp³-hybridized carbons (Fsp3) is 0. The third-order valence-corrected chi connectivity index (χ3v) is 0.765. The number of hydrogen-bond donors (Lipinski definition) is 4. The van der Waals surface area contributed by atoms with Gasteiger partial charge in [-0.25, -0.2) is 9.13 Å². The van der Waals surface area contributed by atoms with E-state index in [1.54, 1.807) is 0 Å². The molecule has 76 valence electrons. The van der Waals surface area contributed by atoms with Gasteiger partial charge in [0.25, 0.3) is 0 Å². The smallest absolute Gasteiger partial charge is 0.301 e. The SMILES string of the molecule is O=P(O)(O)OOOP(=O)(O)O.[Fe]. The van der Waals surface area contributed by atoms with Crippen molar-refractivity contribution in [1.82, 2.24) is 0 Å². The van der Waals surface area contributed by atoms with Gasteiger partial charge in [0.1, 0.15) is 0 Å². The molecule has 0 rings (SSSR count). The van der Waals surface area contributed by atoms with E-state index >= 15 is 0 Å². The Morgan fingerprint density at radius 2 is 1.08 bits per heavy atom. The van der Waals surface area contributed by atoms with Gasteiger partial charge >= 0.3 is 15.6 Å². The van der Waals surface area contributed by atoms with Crippen LogP contribution in [0.1, 0.15) is 0 Å². The zero-order chi connectivity index (χ0) is 9.12. The van der Waals surface area contributed by atoms with Gasteiger partial charge in [0.05, 0.1) is 0 Å². The molecule has 0 aliphatic carbocycles. The van der Waals surface area contributed by atoms with Crippen LogP contribution in [-0.4, -0.2) is 19.6 Å². The maximum atomic E-state index is 9.73. The van der Waals surface area contributed by atoms with Crippen LogP contribution in [0.2, 0.25) is 0 Å². The van der Waals surface area contributed by atoms with Crippen LogP contribution in [0, 0.1) is 0 Å². The Morgan fingerprint density at radius 3 is 1.25 bits per heavy atom. The molecule has 0 aromatic heterocycles. The van der Waals surface area contributed by atoms with Gasteiger partial charge in [-0.05, 0) is 5.04 Å². The van der Waals surface area contributed by atoms with E-state index in [1.165, 1.54) is 0 Å². The molecule has 0 spiro atoms. The minimum atomic E-state index is -4.94. The van der Waals surface area contributed by atoms with E-state index < -0.39 is 15.6 Å². The summed E-state index contributed by atoms with van der Waals surface area (Å²) in [7, 11) is -9.88. The maximum Gasteiger partial charge on any atom is 0.499 e. The Labute approximate surface area is 76.4 Å². The summed E-state index contributed by atoms with van der Waals surface area (Å²) in [5, 5.41) is 3.04. The molecule has 9 nitrogen and oxygen atoms in total. The number of hydrogen-bond acceptors (Lipinski definition) is 5. The van der Waals surface area contributed by atoms with E-state index in [4.69, 9.17) is 19.6 Å². The Morgan fingerprint density at radius 1 is 0.833 bits per heavy atom. The second-order valence-corrected chi connectivity index (χ2v) is 3.46. The van der Waals surface area contributed by atoms with Gasteiger partial charge in [0.2, 0.25) is 0 Å². The first-order valence-corrected chi connectivity index (χ1v) is 4.92. The molecular weight excluding hydrogens is 262 g/mol. The third-order valence-electron chi connectivity index (χ3n) is 0.255. The Kier molecular flexibility index (Phi) is 6.88. The minimum absolute atomic E-state index is 0. The summed E-state index contributed by atoms with van der Waals surface area (Å²) in [6, 6.07) is 0. The molecule has 0 radical (unpaired) electrons. The Hall–Kier alpha value is 0.699. The zero-order valence-electron chi connectivity index (χ0n) is 5.08. The van der Waals surface area contributed by atoms with E-state index in [0.29, 0.717) is 0 Å². The molecule has 0 aliphatic heterocycles. The van der Waals surface area contributed by atoms with Crippen LogP contribution in [0.25, 0.3) is 0 Å². The Bertz CT molecular complexity index is 175. The summed E-state index contributed by atoms with van der Waals surface area (Å²) >= 11 is 0. The van der Waals surface area contributed by atoms with Gasteiger partial charge in [-0.2, -0.15) is 0 Å². The molecule has 0 atom stereocenters. The van der Waals surface area contributed by atoms with Gasteiger partial charge < -0.3 is 19.6 Å². The predicted molar refractivity (Wildman–Crippen MR) is 27.3 cm³/mol. The van der Waals surface area contributed by atoms with E-state index in [1.807, 2.05) is 0 Å². The first-order chi connectivity index (χ1) is 4.71. The van der Waals surface area contributed by atoms with Crippen molar-refractivity contribution in [2.45, 2.75) is 0 Å². The van der Waals surface area contributed by atoms with Crippen molar-refractivity contribution in [3.05, 3.63) is 0 Å². The first-order valence-electron chi connectivity index (χ1n) is 1.86. The van der Waals surface area contributed by atoms with Crippen molar-refractivity contribution < 1.29 is 60.2 Å². The molecule has 0 aromatic carbocycles. The third kappa shape index (κ3) is 13.3. The second kappa shape index (κ2) is 5.43. The van der Waals surface area contributed by atoms with E-state index in [0.717, 1.165) is 0 Å². The fourth-order valence-electron chi connectivity index (χ4n) is 0.0929. The van der Waals surface area contributed by atoms with Crippen LogP contribution in [0.4, 0.5) is 0 Å². The van der Waals surface area contributed by atoms with Crippen LogP contribution in [0.5, 0.6) is 0 Å². The zero-order valence-corrected chi connectivity index (χ0v) is 7.97. The molecule has 0 heterocycles. The molecule has 4 N–H and O–H groups in total. The fourth-order valence-corrected chi connectivity index (χ4v) is 0.360. The average Bonchev–Trinajstić information content (AvgIpc) is 1.55. The van der Waals surface area contributed by atoms with Gasteiger partial charge in [-0.15, -0.1) is 0 Å². The van der Waals surface area contributed by atoms with E-state index in [9.17, 15) is 9.13 Å². The topological polar surface area (TPSA) is 143 Å². The molecule has 0 amide bonds. The molecule has 0 unspecified atom stereocenters. The minimum Gasteiger partial charge on any atom is -0.301 e. The molecule has 0 aliphatic rings. The summed E-state index contributed by atoms with van der Waals surface area (Å²) in [5.41, 5.74) is 0. The number of rotatable bonds is 4. The van der Waals surface area contributed by atoms with Crippen molar-refractivity contribution in [3.8, 4) is 0 Å². The Balaban J connectivity index is 0. The van der Waals surface area contributed by atoms with Crippen LogP contribution in [0.3, 0.4) is 0 Å². The average molecular weight is 266 g/mol. The standard InChI is InChI=1S/Fe.H4O9P2/c;1-10(2,3)8-7-9-11(4,5)6/h;(H2,1,2,3)(H2,4,5,6). The summed E-state index contributed by atoms with van der Waals surface area (Å²) < 4.78 is 25.6. The van der Waals surface area contributed by atoms with Crippen LogP contribution in [-0.2, 0) is 40.6 Å². The molecular formula is H4FeO9P2. The largest absolute Gasteiger partial charge is 0.499 e. The molecule has 0 bridgehead atoms. The summed E-state index contributed by atoms with van der Waals surface area (Å²) in [5.74, 6) is 0. The van der Waals surface area contributed by atoms with Gasteiger partial charge in [0, 0.05) is 17.1 Å². The predicted octanol–water partition coefficient (Wildman–Crippen LogP) is -0.951. The molecule has 0 saturated carbocycles. The van der Waals surface area contributed by atoms with Crippen LogP contribution in [0.15, 0.2) is 0 Å². The monoisotopic (exact) mass is 266 g/mol. The molecule has 0 aromatic rings. The molecule has 0 fully saturated rings. The molecule has 0 saturated heterocycles. The van der Waals surface area contributed by atoms with Crippen LogP contribution >= 0.6 is 15.6 Å². The summed E-state index contributed by atoms with van der Waals surface area (Å²) in [4.78, 5) is 31.4. The first kappa shape index (κ1) is 15.2. The molecule has 12 heteroatoms. The normalized spacial score (nSPS) is 12.3. The quantitative estimate of drug-likeness (QED) is 0.219. The van der Waals surface area contributed by atoms with Crippen molar-refractivity contribution in [2.24, 2.45) is 0 Å². The maximum absolute atomic E-state index is 9.73. The second-order valence-electron chi connectivity index (χ2n) is 1.20. The van der Waals surface area contributed by atoms with E-state index in [2.05, 4.69) is 14.4 Å². The van der Waals surface area contributed by atoms with Gasteiger partial charge in [0.15, 0.2) is 0 Å². The van der Waals surface area contributed by atoms with Crippen molar-refractivity contribution in [3.63, 3.8) is 0 Å². The van der Waals surface area contributed by atoms with Crippen molar-refractivity contribution in [2.75, 3.05) is 0 Å². The molecule has 12 heavy (non-hydrogen) atoms.